The topological polar surface area (TPSA) is 38.7 Å². The SMILES string of the molecule is OCC12CC3CC1CC(Br)(C2)C31OCCO1. The normalized spacial score (nSPS) is 56.6. The molecule has 1 N–H and O–H groups in total. The molecule has 16 heavy (non-hydrogen) atoms. The lowest BCUT2D eigenvalue weighted by Crippen LogP contribution is -2.58. The highest BCUT2D eigenvalue weighted by Gasteiger charge is 2.75. The highest BCUT2D eigenvalue weighted by Crippen LogP contribution is 2.74. The smallest absolute Gasteiger partial charge is 0.186 e. The first-order valence-corrected chi connectivity index (χ1v) is 7.01. The summed E-state index contributed by atoms with van der Waals surface area (Å²) in [6, 6.07) is 0. The Kier molecular flexibility index (Phi) is 1.83. The molecule has 4 bridgehead atoms. The molecular formula is C12H17BrO3. The molecule has 0 amide bonds. The first-order valence-electron chi connectivity index (χ1n) is 6.22. The van der Waals surface area contributed by atoms with Crippen LogP contribution in [0.15, 0.2) is 0 Å². The van der Waals surface area contributed by atoms with Gasteiger partial charge in [-0.3, -0.25) is 0 Å². The van der Waals surface area contributed by atoms with E-state index < -0.39 is 0 Å². The van der Waals surface area contributed by atoms with Crippen LogP contribution in [0.1, 0.15) is 25.7 Å². The monoisotopic (exact) mass is 288 g/mol. The molecule has 90 valence electrons. The van der Waals surface area contributed by atoms with Gasteiger partial charge in [0.1, 0.15) is 0 Å². The molecule has 4 unspecified atom stereocenters. The van der Waals surface area contributed by atoms with Gasteiger partial charge in [0.05, 0.1) is 17.5 Å². The van der Waals surface area contributed by atoms with Gasteiger partial charge in [0, 0.05) is 12.5 Å². The molecule has 5 fully saturated rings. The molecule has 0 radical (unpaired) electrons. The van der Waals surface area contributed by atoms with E-state index in [1.165, 1.54) is 6.42 Å². The van der Waals surface area contributed by atoms with Crippen LogP contribution in [0.25, 0.3) is 0 Å². The molecule has 5 rings (SSSR count). The lowest BCUT2D eigenvalue weighted by molar-refractivity contribution is -0.234. The maximum absolute atomic E-state index is 9.71. The molecule has 0 aromatic heterocycles. The Balaban J connectivity index is 1.81. The van der Waals surface area contributed by atoms with Gasteiger partial charge in [0.15, 0.2) is 5.79 Å². The Morgan fingerprint density at radius 1 is 1.19 bits per heavy atom. The fourth-order valence-electron chi connectivity index (χ4n) is 4.96. The van der Waals surface area contributed by atoms with E-state index in [2.05, 4.69) is 15.9 Å². The van der Waals surface area contributed by atoms with Gasteiger partial charge < -0.3 is 14.6 Å². The Morgan fingerprint density at radius 2 is 1.94 bits per heavy atom. The maximum atomic E-state index is 9.71. The minimum absolute atomic E-state index is 0.0366. The van der Waals surface area contributed by atoms with Crippen LogP contribution in [0.3, 0.4) is 0 Å². The van der Waals surface area contributed by atoms with E-state index in [1.807, 2.05) is 0 Å². The third-order valence-corrected chi connectivity index (χ3v) is 6.64. The van der Waals surface area contributed by atoms with Crippen molar-refractivity contribution in [3.63, 3.8) is 0 Å². The van der Waals surface area contributed by atoms with E-state index in [0.29, 0.717) is 18.4 Å². The zero-order chi connectivity index (χ0) is 11.0. The van der Waals surface area contributed by atoms with Crippen LogP contribution in [0.2, 0.25) is 0 Å². The summed E-state index contributed by atoms with van der Waals surface area (Å²) < 4.78 is 12.0. The lowest BCUT2D eigenvalue weighted by Gasteiger charge is -2.50. The minimum atomic E-state index is -0.376. The van der Waals surface area contributed by atoms with Crippen LogP contribution < -0.4 is 0 Å². The predicted molar refractivity (Wildman–Crippen MR) is 61.3 cm³/mol. The fourth-order valence-corrected chi connectivity index (χ4v) is 6.47. The van der Waals surface area contributed by atoms with Gasteiger partial charge in [0.2, 0.25) is 0 Å². The molecule has 3 nitrogen and oxygen atoms in total. The third kappa shape index (κ3) is 0.900. The van der Waals surface area contributed by atoms with Gasteiger partial charge in [-0.2, -0.15) is 0 Å². The first kappa shape index (κ1) is 10.3. The lowest BCUT2D eigenvalue weighted by atomic mass is 9.72. The van der Waals surface area contributed by atoms with Crippen molar-refractivity contribution in [2.75, 3.05) is 19.8 Å². The Morgan fingerprint density at radius 3 is 2.50 bits per heavy atom. The van der Waals surface area contributed by atoms with Crippen LogP contribution >= 0.6 is 15.9 Å². The first-order chi connectivity index (χ1) is 7.64. The van der Waals surface area contributed by atoms with Crippen molar-refractivity contribution >= 4 is 15.9 Å². The molecular weight excluding hydrogens is 272 g/mol. The molecule has 4 aliphatic carbocycles. The summed E-state index contributed by atoms with van der Waals surface area (Å²) in [6.07, 6.45) is 4.37. The Bertz CT molecular complexity index is 341. The number of aliphatic hydroxyl groups is 1. The number of ether oxygens (including phenoxy) is 2. The summed E-state index contributed by atoms with van der Waals surface area (Å²) in [6.45, 7) is 1.78. The maximum Gasteiger partial charge on any atom is 0.186 e. The van der Waals surface area contributed by atoms with Crippen molar-refractivity contribution in [3.8, 4) is 0 Å². The van der Waals surface area contributed by atoms with E-state index in [0.717, 1.165) is 32.5 Å². The minimum Gasteiger partial charge on any atom is -0.396 e. The Hall–Kier alpha value is 0.360. The summed E-state index contributed by atoms with van der Waals surface area (Å²) in [7, 11) is 0. The third-order valence-electron chi connectivity index (χ3n) is 5.48. The van der Waals surface area contributed by atoms with Crippen LogP contribution in [0.4, 0.5) is 0 Å². The van der Waals surface area contributed by atoms with Gasteiger partial charge >= 0.3 is 0 Å². The number of rotatable bonds is 1. The zero-order valence-electron chi connectivity index (χ0n) is 9.25. The van der Waals surface area contributed by atoms with E-state index >= 15 is 0 Å². The average molecular weight is 289 g/mol. The van der Waals surface area contributed by atoms with E-state index in [1.54, 1.807) is 0 Å². The summed E-state index contributed by atoms with van der Waals surface area (Å²) in [5.41, 5.74) is 0.161. The Labute approximate surface area is 104 Å². The quantitative estimate of drug-likeness (QED) is 0.746. The average Bonchev–Trinajstić information content (AvgIpc) is 2.85. The summed E-state index contributed by atoms with van der Waals surface area (Å²) in [5, 5.41) is 9.71. The number of halogens is 1. The second-order valence-electron chi connectivity index (χ2n) is 6.06. The van der Waals surface area contributed by atoms with Gasteiger partial charge in [0.25, 0.3) is 0 Å². The van der Waals surface area contributed by atoms with Crippen LogP contribution in [-0.2, 0) is 9.47 Å². The molecule has 1 heterocycles. The van der Waals surface area contributed by atoms with Gasteiger partial charge in [-0.15, -0.1) is 0 Å². The zero-order valence-corrected chi connectivity index (χ0v) is 10.8. The van der Waals surface area contributed by atoms with Crippen LogP contribution in [0, 0.1) is 17.3 Å². The second-order valence-corrected chi connectivity index (χ2v) is 7.58. The molecule has 1 saturated heterocycles. The molecule has 4 heteroatoms. The molecule has 4 saturated carbocycles. The fraction of sp³-hybridized carbons (Fsp3) is 1.00. The summed E-state index contributed by atoms with van der Waals surface area (Å²) in [5.74, 6) is 0.771. The summed E-state index contributed by atoms with van der Waals surface area (Å²) in [4.78, 5) is 0. The molecule has 1 aliphatic heterocycles. The standard InChI is InChI=1S/C12H17BrO3/c13-11-5-8-3-9(4-10(8,6-11)7-14)12(11)15-1-2-16-12/h8-9,14H,1-7H2. The van der Waals surface area contributed by atoms with Crippen molar-refractivity contribution < 1.29 is 14.6 Å². The number of hydrogen-bond donors (Lipinski definition) is 1. The van der Waals surface area contributed by atoms with E-state index in [-0.39, 0.29) is 15.5 Å². The molecule has 4 atom stereocenters. The van der Waals surface area contributed by atoms with Crippen molar-refractivity contribution in [1.29, 1.82) is 0 Å². The van der Waals surface area contributed by atoms with Crippen LogP contribution in [0.5, 0.6) is 0 Å². The van der Waals surface area contributed by atoms with E-state index in [4.69, 9.17) is 9.47 Å². The van der Waals surface area contributed by atoms with E-state index in [9.17, 15) is 5.11 Å². The molecule has 1 spiro atoms. The summed E-state index contributed by atoms with van der Waals surface area (Å²) >= 11 is 3.91. The van der Waals surface area contributed by atoms with Crippen molar-refractivity contribution in [2.45, 2.75) is 35.8 Å². The molecule has 5 aliphatic rings. The largest absolute Gasteiger partial charge is 0.396 e. The van der Waals surface area contributed by atoms with Crippen molar-refractivity contribution in [3.05, 3.63) is 0 Å². The number of hydrogen-bond acceptors (Lipinski definition) is 3. The predicted octanol–water partition coefficient (Wildman–Crippen LogP) is 1.68. The van der Waals surface area contributed by atoms with Gasteiger partial charge in [-0.1, -0.05) is 15.9 Å². The highest BCUT2D eigenvalue weighted by molar-refractivity contribution is 9.10. The van der Waals surface area contributed by atoms with Crippen LogP contribution in [-0.4, -0.2) is 35.0 Å². The molecule has 0 aromatic rings. The second kappa shape index (κ2) is 2.85. The van der Waals surface area contributed by atoms with Crippen molar-refractivity contribution in [1.82, 2.24) is 0 Å². The molecule has 0 aromatic carbocycles. The van der Waals surface area contributed by atoms with Gasteiger partial charge in [-0.25, -0.2) is 0 Å². The highest BCUT2D eigenvalue weighted by atomic mass is 79.9. The van der Waals surface area contributed by atoms with Gasteiger partial charge in [-0.05, 0) is 37.0 Å². The number of aliphatic hydroxyl groups excluding tert-OH is 1. The van der Waals surface area contributed by atoms with Crippen molar-refractivity contribution in [2.24, 2.45) is 17.3 Å². The number of alkyl halides is 1.